The number of aliphatic hydroxyl groups excluding tert-OH is 1. The standard InChI is InChI=1S/C35H34F2N2O7S/c1-44-29-8-5-7-25(21-29)32-35(17-20-47(42,43)30-9-3-2-4-10-30,34(41)38-23-26-11-14-27(36)22-31(26)37)39-33(46-32)24-12-15-28(16-13-24)45-19-6-18-40/h2-5,7-16,21-22,32,40H,6,17-20,23H2,1H3,(H,38,41)/t32-,35-/m1/s1. The first-order chi connectivity index (χ1) is 22.6. The summed E-state index contributed by atoms with van der Waals surface area (Å²) >= 11 is 0. The molecule has 0 bridgehead atoms. The van der Waals surface area contributed by atoms with Crippen LogP contribution in [0.15, 0.2) is 107 Å². The van der Waals surface area contributed by atoms with E-state index in [0.29, 0.717) is 35.7 Å². The average molecular weight is 665 g/mol. The van der Waals surface area contributed by atoms with Crippen LogP contribution < -0.4 is 14.8 Å². The Morgan fingerprint density at radius 3 is 2.45 bits per heavy atom. The third-order valence-electron chi connectivity index (χ3n) is 7.74. The maximum absolute atomic E-state index is 14.5. The van der Waals surface area contributed by atoms with Crippen LogP contribution in [0, 0.1) is 11.6 Å². The zero-order chi connectivity index (χ0) is 33.4. The molecule has 0 aromatic heterocycles. The molecule has 2 atom stereocenters. The molecule has 1 heterocycles. The van der Waals surface area contributed by atoms with E-state index in [2.05, 4.69) is 5.32 Å². The summed E-state index contributed by atoms with van der Waals surface area (Å²) in [6.07, 6.45) is -0.946. The number of aliphatic imine (C=N–C) groups is 1. The van der Waals surface area contributed by atoms with E-state index in [4.69, 9.17) is 24.3 Å². The Morgan fingerprint density at radius 2 is 1.74 bits per heavy atom. The third kappa shape index (κ3) is 7.78. The van der Waals surface area contributed by atoms with Gasteiger partial charge >= 0.3 is 0 Å². The second-order valence-electron chi connectivity index (χ2n) is 10.9. The second kappa shape index (κ2) is 14.7. The summed E-state index contributed by atoms with van der Waals surface area (Å²) in [5.74, 6) is -1.68. The maximum atomic E-state index is 14.5. The quantitative estimate of drug-likeness (QED) is 0.178. The smallest absolute Gasteiger partial charge is 0.252 e. The Morgan fingerprint density at radius 1 is 0.979 bits per heavy atom. The Balaban J connectivity index is 1.57. The van der Waals surface area contributed by atoms with Crippen LogP contribution in [-0.4, -0.2) is 56.9 Å². The molecule has 0 spiro atoms. The molecule has 1 amide bonds. The Bertz CT molecular complexity index is 1840. The van der Waals surface area contributed by atoms with Crippen molar-refractivity contribution in [3.05, 3.63) is 125 Å². The summed E-state index contributed by atoms with van der Waals surface area (Å²) < 4.78 is 72.6. The van der Waals surface area contributed by atoms with Crippen molar-refractivity contribution in [2.24, 2.45) is 4.99 Å². The molecule has 9 nitrogen and oxygen atoms in total. The molecule has 0 fully saturated rings. The van der Waals surface area contributed by atoms with E-state index in [1.165, 1.54) is 25.3 Å². The van der Waals surface area contributed by atoms with Crippen molar-refractivity contribution in [2.45, 2.75) is 35.9 Å². The van der Waals surface area contributed by atoms with E-state index in [1.54, 1.807) is 66.7 Å². The summed E-state index contributed by atoms with van der Waals surface area (Å²) in [5, 5.41) is 11.7. The topological polar surface area (TPSA) is 124 Å². The van der Waals surface area contributed by atoms with Gasteiger partial charge in [-0.2, -0.15) is 0 Å². The molecule has 12 heteroatoms. The zero-order valence-electron chi connectivity index (χ0n) is 25.6. The minimum absolute atomic E-state index is 0.00761. The van der Waals surface area contributed by atoms with Crippen molar-refractivity contribution in [1.82, 2.24) is 5.32 Å². The molecule has 0 saturated carbocycles. The number of aliphatic hydroxyl groups is 1. The lowest BCUT2D eigenvalue weighted by molar-refractivity contribution is -0.129. The van der Waals surface area contributed by atoms with Gasteiger partial charge in [0, 0.05) is 43.2 Å². The molecule has 2 N–H and O–H groups in total. The van der Waals surface area contributed by atoms with E-state index in [9.17, 15) is 22.0 Å². The molecule has 0 unspecified atom stereocenters. The van der Waals surface area contributed by atoms with Crippen molar-refractivity contribution in [1.29, 1.82) is 0 Å². The number of amides is 1. The van der Waals surface area contributed by atoms with Crippen LogP contribution in [0.5, 0.6) is 11.5 Å². The predicted octanol–water partition coefficient (Wildman–Crippen LogP) is 5.17. The number of hydrogen-bond donors (Lipinski definition) is 2. The fraction of sp³-hybridized carbons (Fsp3) is 0.257. The van der Waals surface area contributed by atoms with E-state index in [-0.39, 0.29) is 35.9 Å². The van der Waals surface area contributed by atoms with Gasteiger partial charge in [-0.3, -0.25) is 4.79 Å². The molecule has 1 aliphatic heterocycles. The number of rotatable bonds is 14. The molecule has 47 heavy (non-hydrogen) atoms. The maximum Gasteiger partial charge on any atom is 0.252 e. The van der Waals surface area contributed by atoms with Crippen LogP contribution in [0.2, 0.25) is 0 Å². The molecule has 4 aromatic rings. The summed E-state index contributed by atoms with van der Waals surface area (Å²) in [4.78, 5) is 19.2. The average Bonchev–Trinajstić information content (AvgIpc) is 3.49. The number of methoxy groups -OCH3 is 1. The highest BCUT2D eigenvalue weighted by Gasteiger charge is 2.53. The minimum Gasteiger partial charge on any atom is -0.497 e. The molecule has 0 radical (unpaired) electrons. The fourth-order valence-corrected chi connectivity index (χ4v) is 6.59. The molecule has 246 valence electrons. The number of ether oxygens (including phenoxy) is 3. The SMILES string of the molecule is COc1cccc([C@H]2OC(c3ccc(OCCCO)cc3)=N[C@@]2(CCS(=O)(=O)c2ccccc2)C(=O)NCc2ccc(F)cc2F)c1. The largest absolute Gasteiger partial charge is 0.497 e. The highest BCUT2D eigenvalue weighted by atomic mass is 32.2. The Kier molecular flexibility index (Phi) is 10.5. The van der Waals surface area contributed by atoms with Crippen molar-refractivity contribution < 1.29 is 41.3 Å². The summed E-state index contributed by atoms with van der Waals surface area (Å²) in [6.45, 7) is -0.000943. The number of sulfone groups is 1. The lowest BCUT2D eigenvalue weighted by Gasteiger charge is -2.31. The third-order valence-corrected chi connectivity index (χ3v) is 9.47. The summed E-state index contributed by atoms with van der Waals surface area (Å²) in [7, 11) is -2.39. The molecule has 4 aromatic carbocycles. The fourth-order valence-electron chi connectivity index (χ4n) is 5.20. The summed E-state index contributed by atoms with van der Waals surface area (Å²) in [6, 6.07) is 24.5. The highest BCUT2D eigenvalue weighted by Crippen LogP contribution is 2.44. The number of nitrogens with one attached hydrogen (secondary N) is 1. The molecule has 1 aliphatic rings. The Labute approximate surface area is 271 Å². The number of hydrogen-bond acceptors (Lipinski definition) is 8. The first-order valence-electron chi connectivity index (χ1n) is 14.9. The number of nitrogens with zero attached hydrogens (tertiary/aromatic N) is 1. The monoisotopic (exact) mass is 664 g/mol. The van der Waals surface area contributed by atoms with Crippen LogP contribution in [0.4, 0.5) is 8.78 Å². The zero-order valence-corrected chi connectivity index (χ0v) is 26.4. The number of halogens is 2. The second-order valence-corrected chi connectivity index (χ2v) is 13.0. The summed E-state index contributed by atoms with van der Waals surface area (Å²) in [5.41, 5.74) is -0.814. The van der Waals surface area contributed by atoms with E-state index in [1.807, 2.05) is 0 Å². The lowest BCUT2D eigenvalue weighted by Crippen LogP contribution is -2.49. The van der Waals surface area contributed by atoms with Gasteiger partial charge in [0.05, 0.1) is 24.4 Å². The predicted molar refractivity (Wildman–Crippen MR) is 171 cm³/mol. The van der Waals surface area contributed by atoms with Gasteiger partial charge in [0.2, 0.25) is 5.90 Å². The minimum atomic E-state index is -3.88. The highest BCUT2D eigenvalue weighted by molar-refractivity contribution is 7.91. The number of benzene rings is 4. The van der Waals surface area contributed by atoms with E-state index < -0.39 is 44.8 Å². The van der Waals surface area contributed by atoms with Crippen LogP contribution in [0.1, 0.15) is 35.6 Å². The van der Waals surface area contributed by atoms with E-state index in [0.717, 1.165) is 12.1 Å². The van der Waals surface area contributed by atoms with Crippen LogP contribution >= 0.6 is 0 Å². The molecule has 0 saturated heterocycles. The van der Waals surface area contributed by atoms with Crippen LogP contribution in [-0.2, 0) is 25.9 Å². The van der Waals surface area contributed by atoms with Crippen LogP contribution in [0.25, 0.3) is 0 Å². The number of carbonyl (C=O) groups is 1. The van der Waals surface area contributed by atoms with Gasteiger partial charge in [-0.15, -0.1) is 0 Å². The first kappa shape index (κ1) is 33.6. The van der Waals surface area contributed by atoms with Gasteiger partial charge in [-0.1, -0.05) is 36.4 Å². The van der Waals surface area contributed by atoms with Crippen molar-refractivity contribution in [2.75, 3.05) is 26.1 Å². The number of carbonyl (C=O) groups excluding carboxylic acids is 1. The van der Waals surface area contributed by atoms with Gasteiger partial charge in [0.15, 0.2) is 21.5 Å². The molecule has 5 rings (SSSR count). The van der Waals surface area contributed by atoms with Gasteiger partial charge in [-0.25, -0.2) is 22.2 Å². The van der Waals surface area contributed by atoms with Gasteiger partial charge < -0.3 is 24.6 Å². The van der Waals surface area contributed by atoms with Crippen molar-refractivity contribution >= 4 is 21.6 Å². The molecular formula is C35H34F2N2O7S. The molecular weight excluding hydrogens is 630 g/mol. The van der Waals surface area contributed by atoms with Crippen molar-refractivity contribution in [3.63, 3.8) is 0 Å². The molecule has 0 aliphatic carbocycles. The lowest BCUT2D eigenvalue weighted by atomic mass is 9.85. The van der Waals surface area contributed by atoms with Crippen LogP contribution in [0.3, 0.4) is 0 Å². The Hall–Kier alpha value is -4.81. The van der Waals surface area contributed by atoms with Gasteiger partial charge in [0.1, 0.15) is 23.1 Å². The first-order valence-corrected chi connectivity index (χ1v) is 16.5. The van der Waals surface area contributed by atoms with Gasteiger partial charge in [0.25, 0.3) is 5.91 Å². The normalized spacial score (nSPS) is 17.4. The van der Waals surface area contributed by atoms with Gasteiger partial charge in [-0.05, 0) is 60.2 Å². The van der Waals surface area contributed by atoms with E-state index >= 15 is 0 Å². The van der Waals surface area contributed by atoms with Crippen molar-refractivity contribution in [3.8, 4) is 11.5 Å².